The average molecular weight is 755 g/mol. The number of carbonyl (C=O) groups is 1. The lowest BCUT2D eigenvalue weighted by Gasteiger charge is -2.46. The minimum atomic E-state index is -3.12. The van der Waals surface area contributed by atoms with Crippen LogP contribution in [0.25, 0.3) is 10.9 Å². The van der Waals surface area contributed by atoms with E-state index in [2.05, 4.69) is 50.4 Å². The van der Waals surface area contributed by atoms with E-state index in [1.807, 2.05) is 36.4 Å². The molecule has 278 valence electrons. The molecule has 1 amide bonds. The number of fused-ring (bicyclic) bond motifs is 5. The molecule has 53 heavy (non-hydrogen) atoms. The summed E-state index contributed by atoms with van der Waals surface area (Å²) in [7, 11) is 0.284. The Morgan fingerprint density at radius 1 is 1.08 bits per heavy atom. The van der Waals surface area contributed by atoms with E-state index >= 15 is 4.21 Å². The number of aromatic nitrogens is 2. The molecule has 8 rings (SSSR count). The molecule has 1 aromatic heterocycles. The molecule has 3 heterocycles. The predicted molar refractivity (Wildman–Crippen MR) is 210 cm³/mol. The molecule has 6 atom stereocenters. The first kappa shape index (κ1) is 36.0. The van der Waals surface area contributed by atoms with Crippen molar-refractivity contribution >= 4 is 43.8 Å². The lowest BCUT2D eigenvalue weighted by molar-refractivity contribution is 0.0131. The van der Waals surface area contributed by atoms with Crippen LogP contribution in [-0.4, -0.2) is 65.9 Å². The highest BCUT2D eigenvalue weighted by atomic mass is 35.5. The minimum absolute atomic E-state index is 0.00789. The topological polar surface area (TPSA) is 103 Å². The molecule has 2 aliphatic heterocycles. The van der Waals surface area contributed by atoms with Crippen molar-refractivity contribution in [1.29, 1.82) is 0 Å². The molecule has 0 unspecified atom stereocenters. The fraction of sp³-hybridized carbons (Fsp3) is 0.452. The highest BCUT2D eigenvalue weighted by Crippen LogP contribution is 2.47. The van der Waals surface area contributed by atoms with Gasteiger partial charge in [0, 0.05) is 53.4 Å². The van der Waals surface area contributed by atoms with Crippen molar-refractivity contribution in [2.24, 2.45) is 22.1 Å². The summed E-state index contributed by atoms with van der Waals surface area (Å²) in [5.41, 5.74) is 4.89. The Morgan fingerprint density at radius 3 is 2.77 bits per heavy atom. The SMILES string of the molecule is COc1ccc2c(C[S@@]3(=O)=NC(=O)c4ccc5c(c4)N(C[C@@H]4CC[C@H]4[C@@H](OC)/C=C/C[C@H](C)C3)C[C@@]3(CCCc4cc(Cl)ccc43)CO5)ncnc2c1. The maximum atomic E-state index is 15.0. The zero-order valence-electron chi connectivity index (χ0n) is 30.6. The van der Waals surface area contributed by atoms with Gasteiger partial charge in [-0.05, 0) is 110 Å². The number of anilines is 1. The normalized spacial score (nSPS) is 29.2. The van der Waals surface area contributed by atoms with Crippen molar-refractivity contribution in [3.8, 4) is 11.5 Å². The van der Waals surface area contributed by atoms with Crippen molar-refractivity contribution < 1.29 is 23.2 Å². The molecular formula is C42H47ClN4O5S. The number of hydrogen-bond donors (Lipinski definition) is 0. The van der Waals surface area contributed by atoms with Crippen LogP contribution in [0.4, 0.5) is 5.69 Å². The minimum Gasteiger partial charge on any atom is -0.497 e. The highest BCUT2D eigenvalue weighted by Gasteiger charge is 2.44. The summed E-state index contributed by atoms with van der Waals surface area (Å²) in [5.74, 6) is 1.96. The van der Waals surface area contributed by atoms with Gasteiger partial charge in [-0.15, -0.1) is 0 Å². The molecule has 1 spiro atoms. The Labute approximate surface area is 317 Å². The second kappa shape index (κ2) is 14.7. The van der Waals surface area contributed by atoms with Gasteiger partial charge in [-0.3, -0.25) is 4.79 Å². The standard InChI is InChI=1S/C42H47ClN4O5S/c1-27-6-4-8-39(51-3)33-13-9-30(33)21-47-24-42(17-5-7-28-18-31(43)11-15-35(28)42)25-52-40-16-10-29(19-38(40)47)41(48)46-53(49,22-27)23-37-34-14-12-32(50-2)20-36(34)44-26-45-37/h4,8,10-12,14-16,18-20,26-27,30,33,39H,5-7,9,13,17,21-25H2,1-3H3/b8-4+/t27-,30-,33+,39-,42-,53+/m0/s1. The number of amides is 1. The van der Waals surface area contributed by atoms with Crippen LogP contribution in [0.15, 0.2) is 77.4 Å². The van der Waals surface area contributed by atoms with Gasteiger partial charge in [-0.1, -0.05) is 36.7 Å². The number of nitrogens with zero attached hydrogens (tertiary/aromatic N) is 4. The van der Waals surface area contributed by atoms with Crippen molar-refractivity contribution in [2.45, 2.75) is 62.7 Å². The summed E-state index contributed by atoms with van der Waals surface area (Å²) in [6, 6.07) is 17.4. The lowest BCUT2D eigenvalue weighted by Crippen LogP contribution is -2.49. The smallest absolute Gasteiger partial charge is 0.285 e. The highest BCUT2D eigenvalue weighted by molar-refractivity contribution is 7.93. The van der Waals surface area contributed by atoms with E-state index < -0.39 is 15.6 Å². The largest absolute Gasteiger partial charge is 0.497 e. The number of aryl methyl sites for hydroxylation is 1. The van der Waals surface area contributed by atoms with Crippen molar-refractivity contribution in [3.63, 3.8) is 0 Å². The molecule has 0 N–H and O–H groups in total. The molecule has 4 aromatic rings. The molecule has 0 saturated heterocycles. The van der Waals surface area contributed by atoms with Crippen LogP contribution >= 0.6 is 11.6 Å². The van der Waals surface area contributed by atoms with Gasteiger partial charge in [0.2, 0.25) is 0 Å². The molecule has 9 nitrogen and oxygen atoms in total. The molecular weight excluding hydrogens is 708 g/mol. The van der Waals surface area contributed by atoms with E-state index in [-0.39, 0.29) is 28.9 Å². The zero-order chi connectivity index (χ0) is 36.7. The molecule has 2 bridgehead atoms. The molecule has 11 heteroatoms. The summed E-state index contributed by atoms with van der Waals surface area (Å²) in [6.45, 7) is 4.16. The summed E-state index contributed by atoms with van der Waals surface area (Å²) in [6.07, 6.45) is 11.7. The van der Waals surface area contributed by atoms with Crippen molar-refractivity contribution in [3.05, 3.63) is 100 Å². The van der Waals surface area contributed by atoms with Crippen LogP contribution in [0.2, 0.25) is 5.02 Å². The maximum absolute atomic E-state index is 15.0. The number of allylic oxidation sites excluding steroid dienone is 1. The first-order chi connectivity index (χ1) is 25.7. The number of rotatable bonds is 4. The van der Waals surface area contributed by atoms with E-state index in [1.165, 1.54) is 17.5 Å². The Kier molecular flexibility index (Phi) is 9.98. The summed E-state index contributed by atoms with van der Waals surface area (Å²) < 4.78 is 37.8. The lowest BCUT2D eigenvalue weighted by atomic mass is 9.68. The fourth-order valence-electron chi connectivity index (χ4n) is 9.02. The van der Waals surface area contributed by atoms with Gasteiger partial charge in [-0.25, -0.2) is 14.2 Å². The summed E-state index contributed by atoms with van der Waals surface area (Å²) >= 11 is 6.48. The fourth-order valence-corrected chi connectivity index (χ4v) is 11.6. The van der Waals surface area contributed by atoms with Gasteiger partial charge in [0.15, 0.2) is 0 Å². The molecule has 2 aliphatic carbocycles. The van der Waals surface area contributed by atoms with Crippen molar-refractivity contribution in [2.75, 3.05) is 44.6 Å². The van der Waals surface area contributed by atoms with Crippen LogP contribution in [0.3, 0.4) is 0 Å². The molecule has 4 aliphatic rings. The number of methoxy groups -OCH3 is 2. The van der Waals surface area contributed by atoms with E-state index in [1.54, 1.807) is 20.3 Å². The molecule has 0 radical (unpaired) electrons. The van der Waals surface area contributed by atoms with E-state index in [0.717, 1.165) is 67.0 Å². The summed E-state index contributed by atoms with van der Waals surface area (Å²) in [5, 5.41) is 1.51. The van der Waals surface area contributed by atoms with Gasteiger partial charge >= 0.3 is 0 Å². The third-order valence-electron chi connectivity index (χ3n) is 11.9. The number of halogens is 1. The Morgan fingerprint density at radius 2 is 1.96 bits per heavy atom. The van der Waals surface area contributed by atoms with E-state index in [4.69, 9.17) is 25.8 Å². The van der Waals surface area contributed by atoms with Gasteiger partial charge in [0.1, 0.15) is 17.8 Å². The Hall–Kier alpha value is -3.99. The molecule has 1 saturated carbocycles. The van der Waals surface area contributed by atoms with Crippen LogP contribution in [-0.2, 0) is 32.1 Å². The first-order valence-corrected chi connectivity index (χ1v) is 20.9. The quantitative estimate of drug-likeness (QED) is 0.192. The van der Waals surface area contributed by atoms with Crippen LogP contribution in [0.1, 0.15) is 66.2 Å². The van der Waals surface area contributed by atoms with Crippen molar-refractivity contribution in [1.82, 2.24) is 9.97 Å². The molecule has 3 aromatic carbocycles. The van der Waals surface area contributed by atoms with Gasteiger partial charge < -0.3 is 19.1 Å². The van der Waals surface area contributed by atoms with Crippen LogP contribution < -0.4 is 14.4 Å². The maximum Gasteiger partial charge on any atom is 0.285 e. The Balaban J connectivity index is 1.22. The average Bonchev–Trinajstić information content (AvgIpc) is 3.28. The van der Waals surface area contributed by atoms with Crippen LogP contribution in [0, 0.1) is 17.8 Å². The second-order valence-electron chi connectivity index (χ2n) is 15.4. The number of hydrogen-bond acceptors (Lipinski definition) is 8. The predicted octanol–water partition coefficient (Wildman–Crippen LogP) is 8.21. The Bertz CT molecular complexity index is 2200. The van der Waals surface area contributed by atoms with Crippen LogP contribution in [0.5, 0.6) is 11.5 Å². The van der Waals surface area contributed by atoms with E-state index in [9.17, 15) is 4.79 Å². The van der Waals surface area contributed by atoms with Gasteiger partial charge in [0.05, 0.1) is 52.2 Å². The van der Waals surface area contributed by atoms with Gasteiger partial charge in [-0.2, -0.15) is 4.36 Å². The first-order valence-electron chi connectivity index (χ1n) is 18.7. The number of ether oxygens (including phenoxy) is 3. The monoisotopic (exact) mass is 754 g/mol. The summed E-state index contributed by atoms with van der Waals surface area (Å²) in [4.78, 5) is 25.7. The number of benzene rings is 3. The zero-order valence-corrected chi connectivity index (χ0v) is 32.2. The van der Waals surface area contributed by atoms with E-state index in [0.29, 0.717) is 47.4 Å². The molecule has 1 fully saturated rings. The third-order valence-corrected chi connectivity index (χ3v) is 14.4. The number of carbonyl (C=O) groups excluding carboxylic acids is 1. The van der Waals surface area contributed by atoms with Gasteiger partial charge in [0.25, 0.3) is 5.91 Å². The second-order valence-corrected chi connectivity index (χ2v) is 18.2. The third kappa shape index (κ3) is 7.18.